The Balaban J connectivity index is 1.94. The fraction of sp³-hybridized carbons (Fsp3) is 0.286. The molecule has 2 N–H and O–H groups in total. The molecule has 1 aromatic carbocycles. The fourth-order valence-corrected chi connectivity index (χ4v) is 3.03. The van der Waals surface area contributed by atoms with E-state index in [2.05, 4.69) is 28.9 Å². The summed E-state index contributed by atoms with van der Waals surface area (Å²) in [6.07, 6.45) is 0.948. The van der Waals surface area contributed by atoms with Crippen molar-refractivity contribution in [3.63, 3.8) is 0 Å². The predicted octanol–water partition coefficient (Wildman–Crippen LogP) is 4.50. The molecule has 1 aromatic heterocycles. The van der Waals surface area contributed by atoms with Crippen molar-refractivity contribution in [3.05, 3.63) is 50.6 Å². The van der Waals surface area contributed by atoms with Gasteiger partial charge in [-0.15, -0.1) is 11.3 Å². The molecule has 18 heavy (non-hydrogen) atoms. The van der Waals surface area contributed by atoms with Crippen molar-refractivity contribution in [2.24, 2.45) is 5.73 Å². The third kappa shape index (κ3) is 3.57. The van der Waals surface area contributed by atoms with E-state index in [9.17, 15) is 0 Å². The summed E-state index contributed by atoms with van der Waals surface area (Å²) in [5.41, 5.74) is 7.12. The lowest BCUT2D eigenvalue weighted by atomic mass is 10.1. The van der Waals surface area contributed by atoms with E-state index in [1.165, 1.54) is 4.88 Å². The SMILES string of the molecule is CC[C@H](N)c1ccc(OCc2ccc(Br)s2)cc1. The zero-order chi connectivity index (χ0) is 13.0. The second-order valence-electron chi connectivity index (χ2n) is 4.08. The molecule has 0 aliphatic rings. The quantitative estimate of drug-likeness (QED) is 0.878. The van der Waals surface area contributed by atoms with Gasteiger partial charge in [0.05, 0.1) is 3.79 Å². The Kier molecular flexibility index (Phi) is 4.80. The van der Waals surface area contributed by atoms with Crippen LogP contribution in [0.15, 0.2) is 40.2 Å². The molecule has 2 aromatic rings. The summed E-state index contributed by atoms with van der Waals surface area (Å²) in [4.78, 5) is 1.20. The predicted molar refractivity (Wildman–Crippen MR) is 80.0 cm³/mol. The first-order valence-corrected chi connectivity index (χ1v) is 7.52. The summed E-state index contributed by atoms with van der Waals surface area (Å²) < 4.78 is 6.85. The van der Waals surface area contributed by atoms with Crippen LogP contribution in [0.3, 0.4) is 0 Å². The maximum atomic E-state index is 5.97. The van der Waals surface area contributed by atoms with Crippen LogP contribution in [0.4, 0.5) is 0 Å². The van der Waals surface area contributed by atoms with Crippen LogP contribution in [-0.4, -0.2) is 0 Å². The first-order valence-electron chi connectivity index (χ1n) is 5.91. The number of thiophene rings is 1. The van der Waals surface area contributed by atoms with Gasteiger partial charge < -0.3 is 10.5 Å². The Bertz CT molecular complexity index is 495. The first-order chi connectivity index (χ1) is 8.69. The van der Waals surface area contributed by atoms with Crippen LogP contribution in [-0.2, 0) is 6.61 Å². The van der Waals surface area contributed by atoms with Gasteiger partial charge in [0.1, 0.15) is 12.4 Å². The lowest BCUT2D eigenvalue weighted by Gasteiger charge is -2.10. The topological polar surface area (TPSA) is 35.2 Å². The zero-order valence-corrected chi connectivity index (χ0v) is 12.6. The summed E-state index contributed by atoms with van der Waals surface area (Å²) >= 11 is 5.13. The molecule has 0 saturated carbocycles. The molecule has 0 unspecified atom stereocenters. The minimum absolute atomic E-state index is 0.118. The highest BCUT2D eigenvalue weighted by atomic mass is 79.9. The Hall–Kier alpha value is -0.840. The van der Waals surface area contributed by atoms with E-state index in [0.29, 0.717) is 6.61 Å². The number of halogens is 1. The number of ether oxygens (including phenoxy) is 1. The van der Waals surface area contributed by atoms with E-state index in [4.69, 9.17) is 10.5 Å². The monoisotopic (exact) mass is 325 g/mol. The highest BCUT2D eigenvalue weighted by Gasteiger charge is 2.03. The molecule has 2 rings (SSSR count). The third-order valence-electron chi connectivity index (χ3n) is 2.76. The van der Waals surface area contributed by atoms with Crippen molar-refractivity contribution in [2.45, 2.75) is 26.0 Å². The molecular weight excluding hydrogens is 310 g/mol. The number of hydrogen-bond donors (Lipinski definition) is 1. The Morgan fingerprint density at radius 2 is 1.94 bits per heavy atom. The summed E-state index contributed by atoms with van der Waals surface area (Å²) in [6.45, 7) is 2.69. The Morgan fingerprint density at radius 3 is 2.50 bits per heavy atom. The highest BCUT2D eigenvalue weighted by Crippen LogP contribution is 2.24. The minimum atomic E-state index is 0.118. The Morgan fingerprint density at radius 1 is 1.22 bits per heavy atom. The lowest BCUT2D eigenvalue weighted by molar-refractivity contribution is 0.309. The van der Waals surface area contributed by atoms with Crippen molar-refractivity contribution in [1.29, 1.82) is 0 Å². The van der Waals surface area contributed by atoms with Crippen molar-refractivity contribution in [1.82, 2.24) is 0 Å². The van der Waals surface area contributed by atoms with E-state index in [-0.39, 0.29) is 6.04 Å². The van der Waals surface area contributed by atoms with Gasteiger partial charge in [0, 0.05) is 10.9 Å². The van der Waals surface area contributed by atoms with Crippen LogP contribution in [0.1, 0.15) is 29.8 Å². The van der Waals surface area contributed by atoms with E-state index in [1.807, 2.05) is 30.3 Å². The van der Waals surface area contributed by atoms with Crippen molar-refractivity contribution in [2.75, 3.05) is 0 Å². The normalized spacial score (nSPS) is 12.4. The van der Waals surface area contributed by atoms with Crippen LogP contribution in [0.5, 0.6) is 5.75 Å². The van der Waals surface area contributed by atoms with Gasteiger partial charge in [-0.05, 0) is 52.2 Å². The number of rotatable bonds is 5. The molecule has 1 heterocycles. The van der Waals surface area contributed by atoms with Gasteiger partial charge in [0.2, 0.25) is 0 Å². The standard InChI is InChI=1S/C14H16BrNOS/c1-2-13(16)10-3-5-11(6-4-10)17-9-12-7-8-14(15)18-12/h3-8,13H,2,9,16H2,1H3/t13-/m0/s1. The molecule has 1 atom stereocenters. The first kappa shape index (κ1) is 13.6. The molecule has 0 aliphatic heterocycles. The second kappa shape index (κ2) is 6.36. The summed E-state index contributed by atoms with van der Waals surface area (Å²) in [5.74, 6) is 0.881. The van der Waals surface area contributed by atoms with Crippen LogP contribution in [0.25, 0.3) is 0 Å². The molecule has 0 fully saturated rings. The fourth-order valence-electron chi connectivity index (χ4n) is 1.63. The molecule has 0 aliphatic carbocycles. The summed E-state index contributed by atoms with van der Waals surface area (Å²) in [6, 6.07) is 12.2. The summed E-state index contributed by atoms with van der Waals surface area (Å²) in [7, 11) is 0. The molecule has 0 spiro atoms. The van der Waals surface area contributed by atoms with Crippen LogP contribution >= 0.6 is 27.3 Å². The largest absolute Gasteiger partial charge is 0.488 e. The van der Waals surface area contributed by atoms with Crippen LogP contribution in [0, 0.1) is 0 Å². The van der Waals surface area contributed by atoms with Gasteiger partial charge in [0.25, 0.3) is 0 Å². The number of nitrogens with two attached hydrogens (primary N) is 1. The van der Waals surface area contributed by atoms with Gasteiger partial charge >= 0.3 is 0 Å². The van der Waals surface area contributed by atoms with Gasteiger partial charge in [-0.25, -0.2) is 0 Å². The highest BCUT2D eigenvalue weighted by molar-refractivity contribution is 9.11. The average Bonchev–Trinajstić information content (AvgIpc) is 2.82. The number of benzene rings is 1. The van der Waals surface area contributed by atoms with E-state index in [1.54, 1.807) is 11.3 Å². The molecule has 0 bridgehead atoms. The van der Waals surface area contributed by atoms with Gasteiger partial charge in [-0.1, -0.05) is 19.1 Å². The maximum absolute atomic E-state index is 5.97. The zero-order valence-electron chi connectivity index (χ0n) is 10.2. The van der Waals surface area contributed by atoms with Crippen LogP contribution < -0.4 is 10.5 Å². The van der Waals surface area contributed by atoms with E-state index >= 15 is 0 Å². The molecule has 0 amide bonds. The molecule has 2 nitrogen and oxygen atoms in total. The van der Waals surface area contributed by atoms with Crippen molar-refractivity contribution < 1.29 is 4.74 Å². The van der Waals surface area contributed by atoms with Crippen molar-refractivity contribution in [3.8, 4) is 5.75 Å². The van der Waals surface area contributed by atoms with Gasteiger partial charge in [-0.3, -0.25) is 0 Å². The van der Waals surface area contributed by atoms with Gasteiger partial charge in [-0.2, -0.15) is 0 Å². The molecular formula is C14H16BrNOS. The maximum Gasteiger partial charge on any atom is 0.122 e. The minimum Gasteiger partial charge on any atom is -0.488 e. The van der Waals surface area contributed by atoms with Crippen LogP contribution in [0.2, 0.25) is 0 Å². The second-order valence-corrected chi connectivity index (χ2v) is 6.63. The molecule has 0 radical (unpaired) electrons. The van der Waals surface area contributed by atoms with Crippen molar-refractivity contribution >= 4 is 27.3 Å². The lowest BCUT2D eigenvalue weighted by Crippen LogP contribution is -2.08. The molecule has 0 saturated heterocycles. The van der Waals surface area contributed by atoms with Gasteiger partial charge in [0.15, 0.2) is 0 Å². The summed E-state index contributed by atoms with van der Waals surface area (Å²) in [5, 5.41) is 0. The third-order valence-corrected chi connectivity index (χ3v) is 4.36. The number of hydrogen-bond acceptors (Lipinski definition) is 3. The average molecular weight is 326 g/mol. The smallest absolute Gasteiger partial charge is 0.122 e. The van der Waals surface area contributed by atoms with E-state index < -0.39 is 0 Å². The molecule has 96 valence electrons. The van der Waals surface area contributed by atoms with E-state index in [0.717, 1.165) is 21.5 Å². The molecule has 4 heteroatoms. The Labute approximate surface area is 120 Å².